The summed E-state index contributed by atoms with van der Waals surface area (Å²) in [4.78, 5) is 30.6. The number of amides is 2. The summed E-state index contributed by atoms with van der Waals surface area (Å²) in [5, 5.41) is 2.95. The SMILES string of the molecule is CN(C)c1ccc(/C=C/C(=O)N2CCN(CC(=O)NCc3ccccc3)CC2)cc1. The van der Waals surface area contributed by atoms with E-state index in [4.69, 9.17) is 0 Å². The minimum absolute atomic E-state index is 0.0136. The molecule has 2 aromatic carbocycles. The van der Waals surface area contributed by atoms with Crippen molar-refractivity contribution < 1.29 is 9.59 Å². The van der Waals surface area contributed by atoms with Gasteiger partial charge in [0.2, 0.25) is 11.8 Å². The van der Waals surface area contributed by atoms with Gasteiger partial charge in [0.15, 0.2) is 0 Å². The summed E-state index contributed by atoms with van der Waals surface area (Å²) < 4.78 is 0. The van der Waals surface area contributed by atoms with Crippen molar-refractivity contribution in [3.05, 3.63) is 71.8 Å². The van der Waals surface area contributed by atoms with Crippen molar-refractivity contribution in [2.24, 2.45) is 0 Å². The molecular formula is C24H30N4O2. The number of carbonyl (C=O) groups is 2. The first-order chi connectivity index (χ1) is 14.5. The van der Waals surface area contributed by atoms with E-state index in [0.717, 1.165) is 16.8 Å². The van der Waals surface area contributed by atoms with Crippen LogP contribution in [0.5, 0.6) is 0 Å². The maximum atomic E-state index is 12.5. The molecule has 1 N–H and O–H groups in total. The lowest BCUT2D eigenvalue weighted by atomic mass is 10.2. The number of nitrogens with one attached hydrogen (secondary N) is 1. The zero-order valence-corrected chi connectivity index (χ0v) is 17.8. The second kappa shape index (κ2) is 10.6. The second-order valence-corrected chi connectivity index (χ2v) is 7.68. The van der Waals surface area contributed by atoms with Gasteiger partial charge in [-0.1, -0.05) is 42.5 Å². The molecule has 0 atom stereocenters. The highest BCUT2D eigenvalue weighted by Gasteiger charge is 2.21. The Balaban J connectivity index is 1.40. The van der Waals surface area contributed by atoms with Crippen LogP contribution in [0.4, 0.5) is 5.69 Å². The van der Waals surface area contributed by atoms with E-state index in [-0.39, 0.29) is 11.8 Å². The van der Waals surface area contributed by atoms with Gasteiger partial charge in [0.1, 0.15) is 0 Å². The molecule has 6 nitrogen and oxygen atoms in total. The number of piperazine rings is 1. The third-order valence-corrected chi connectivity index (χ3v) is 5.21. The topological polar surface area (TPSA) is 55.9 Å². The van der Waals surface area contributed by atoms with E-state index in [9.17, 15) is 9.59 Å². The van der Waals surface area contributed by atoms with E-state index in [2.05, 4.69) is 10.2 Å². The molecule has 1 aliphatic rings. The molecule has 1 fully saturated rings. The minimum Gasteiger partial charge on any atom is -0.378 e. The van der Waals surface area contributed by atoms with Crippen LogP contribution in [0.15, 0.2) is 60.7 Å². The Morgan fingerprint density at radius 3 is 2.27 bits per heavy atom. The first-order valence-electron chi connectivity index (χ1n) is 10.3. The van der Waals surface area contributed by atoms with E-state index < -0.39 is 0 Å². The maximum Gasteiger partial charge on any atom is 0.246 e. The molecule has 3 rings (SSSR count). The molecule has 158 valence electrons. The lowest BCUT2D eigenvalue weighted by molar-refractivity contribution is -0.128. The average Bonchev–Trinajstić information content (AvgIpc) is 2.77. The normalized spacial score (nSPS) is 14.7. The van der Waals surface area contributed by atoms with Crippen LogP contribution in [0.3, 0.4) is 0 Å². The van der Waals surface area contributed by atoms with Crippen LogP contribution in [-0.2, 0) is 16.1 Å². The molecule has 0 radical (unpaired) electrons. The van der Waals surface area contributed by atoms with Crippen LogP contribution in [0.1, 0.15) is 11.1 Å². The van der Waals surface area contributed by atoms with Crippen LogP contribution in [0.2, 0.25) is 0 Å². The van der Waals surface area contributed by atoms with Crippen LogP contribution in [-0.4, -0.2) is 68.4 Å². The standard InChI is InChI=1S/C24H30N4O2/c1-26(2)22-11-8-20(9-12-22)10-13-24(30)28-16-14-27(15-17-28)19-23(29)25-18-21-6-4-3-5-7-21/h3-13H,14-19H2,1-2H3,(H,25,29)/b13-10+. The molecular weight excluding hydrogens is 376 g/mol. The summed E-state index contributed by atoms with van der Waals surface area (Å²) in [6.45, 7) is 3.58. The maximum absolute atomic E-state index is 12.5. The van der Waals surface area contributed by atoms with Gasteiger partial charge < -0.3 is 15.1 Å². The molecule has 2 aromatic rings. The van der Waals surface area contributed by atoms with Crippen molar-refractivity contribution in [1.29, 1.82) is 0 Å². The first-order valence-corrected chi connectivity index (χ1v) is 10.3. The van der Waals surface area contributed by atoms with Crippen molar-refractivity contribution in [2.75, 3.05) is 51.7 Å². The number of hydrogen-bond donors (Lipinski definition) is 1. The zero-order chi connectivity index (χ0) is 21.3. The second-order valence-electron chi connectivity index (χ2n) is 7.68. The van der Waals surface area contributed by atoms with E-state index in [1.807, 2.05) is 84.6 Å². The fourth-order valence-electron chi connectivity index (χ4n) is 3.34. The quantitative estimate of drug-likeness (QED) is 0.717. The molecule has 0 aromatic heterocycles. The molecule has 0 unspecified atom stereocenters. The third kappa shape index (κ3) is 6.46. The van der Waals surface area contributed by atoms with Gasteiger partial charge in [0.05, 0.1) is 6.54 Å². The Labute approximate surface area is 178 Å². The molecule has 0 bridgehead atoms. The highest BCUT2D eigenvalue weighted by Crippen LogP contribution is 2.13. The van der Waals surface area contributed by atoms with Gasteiger partial charge in [0.25, 0.3) is 0 Å². The molecule has 30 heavy (non-hydrogen) atoms. The molecule has 6 heteroatoms. The lowest BCUT2D eigenvalue weighted by Gasteiger charge is -2.33. The van der Waals surface area contributed by atoms with E-state index in [1.165, 1.54) is 0 Å². The molecule has 1 aliphatic heterocycles. The average molecular weight is 407 g/mol. The number of carbonyl (C=O) groups excluding carboxylic acids is 2. The predicted octanol–water partition coefficient (Wildman–Crippen LogP) is 2.23. The van der Waals surface area contributed by atoms with Crippen LogP contribution in [0, 0.1) is 0 Å². The molecule has 0 spiro atoms. The number of rotatable bonds is 7. The van der Waals surface area contributed by atoms with Crippen LogP contribution < -0.4 is 10.2 Å². The molecule has 1 saturated heterocycles. The fraction of sp³-hybridized carbons (Fsp3) is 0.333. The van der Waals surface area contributed by atoms with Crippen molar-refractivity contribution in [3.63, 3.8) is 0 Å². The van der Waals surface area contributed by atoms with Crippen molar-refractivity contribution >= 4 is 23.6 Å². The van der Waals surface area contributed by atoms with Gasteiger partial charge in [-0.05, 0) is 29.3 Å². The Bertz CT molecular complexity index is 855. The summed E-state index contributed by atoms with van der Waals surface area (Å²) in [7, 11) is 4.00. The number of anilines is 1. The Morgan fingerprint density at radius 2 is 1.63 bits per heavy atom. The van der Waals surface area contributed by atoms with Gasteiger partial charge in [-0.15, -0.1) is 0 Å². The molecule has 1 heterocycles. The minimum atomic E-state index is 0.0136. The van der Waals surface area contributed by atoms with Crippen molar-refractivity contribution in [3.8, 4) is 0 Å². The molecule has 0 aliphatic carbocycles. The highest BCUT2D eigenvalue weighted by molar-refractivity contribution is 5.92. The number of benzene rings is 2. The van der Waals surface area contributed by atoms with Crippen LogP contribution >= 0.6 is 0 Å². The van der Waals surface area contributed by atoms with Gasteiger partial charge in [-0.3, -0.25) is 14.5 Å². The molecule has 2 amide bonds. The smallest absolute Gasteiger partial charge is 0.246 e. The van der Waals surface area contributed by atoms with Gasteiger partial charge in [-0.25, -0.2) is 0 Å². The first kappa shape index (κ1) is 21.6. The summed E-state index contributed by atoms with van der Waals surface area (Å²) >= 11 is 0. The predicted molar refractivity (Wildman–Crippen MR) is 121 cm³/mol. The third-order valence-electron chi connectivity index (χ3n) is 5.21. The number of hydrogen-bond acceptors (Lipinski definition) is 4. The van der Waals surface area contributed by atoms with Crippen molar-refractivity contribution in [1.82, 2.24) is 15.1 Å². The van der Waals surface area contributed by atoms with E-state index >= 15 is 0 Å². The summed E-state index contributed by atoms with van der Waals surface area (Å²) in [6.07, 6.45) is 3.48. The van der Waals surface area contributed by atoms with Gasteiger partial charge >= 0.3 is 0 Å². The van der Waals surface area contributed by atoms with E-state index in [1.54, 1.807) is 6.08 Å². The summed E-state index contributed by atoms with van der Waals surface area (Å²) in [6, 6.07) is 18.0. The Hall–Kier alpha value is -3.12. The monoisotopic (exact) mass is 406 g/mol. The zero-order valence-electron chi connectivity index (χ0n) is 17.8. The number of nitrogens with zero attached hydrogens (tertiary/aromatic N) is 3. The molecule has 0 saturated carbocycles. The summed E-state index contributed by atoms with van der Waals surface area (Å²) in [5.74, 6) is 0.0274. The van der Waals surface area contributed by atoms with E-state index in [0.29, 0.717) is 39.3 Å². The van der Waals surface area contributed by atoms with Gasteiger partial charge in [-0.2, -0.15) is 0 Å². The Kier molecular flexibility index (Phi) is 7.63. The largest absolute Gasteiger partial charge is 0.378 e. The van der Waals surface area contributed by atoms with Crippen LogP contribution in [0.25, 0.3) is 6.08 Å². The Morgan fingerprint density at radius 1 is 0.967 bits per heavy atom. The highest BCUT2D eigenvalue weighted by atomic mass is 16.2. The summed E-state index contributed by atoms with van der Waals surface area (Å²) in [5.41, 5.74) is 3.22. The van der Waals surface area contributed by atoms with Crippen molar-refractivity contribution in [2.45, 2.75) is 6.54 Å². The fourth-order valence-corrected chi connectivity index (χ4v) is 3.34. The lowest BCUT2D eigenvalue weighted by Crippen LogP contribution is -2.50. The van der Waals surface area contributed by atoms with Gasteiger partial charge in [0, 0.05) is 58.6 Å².